The Morgan fingerprint density at radius 1 is 1.30 bits per heavy atom. The fourth-order valence-corrected chi connectivity index (χ4v) is 6.75. The normalized spacial score (nSPS) is 17.4. The zero-order valence-electron chi connectivity index (χ0n) is 17.2. The summed E-state index contributed by atoms with van der Waals surface area (Å²) < 4.78 is 5.94. The maximum absolute atomic E-state index is 12.6. The second-order valence-electron chi connectivity index (χ2n) is 7.95. The minimum atomic E-state index is -0.115. The van der Waals surface area contributed by atoms with Crippen molar-refractivity contribution < 1.29 is 4.42 Å². The molecule has 0 unspecified atom stereocenters. The molecule has 0 saturated carbocycles. The molecule has 0 aliphatic heterocycles. The molecule has 6 nitrogen and oxygen atoms in total. The highest BCUT2D eigenvalue weighted by atomic mass is 32.2. The highest BCUT2D eigenvalue weighted by Crippen LogP contribution is 2.39. The number of aryl methyl sites for hydroxylation is 3. The van der Waals surface area contributed by atoms with Gasteiger partial charge < -0.3 is 9.40 Å². The first kappa shape index (κ1) is 20.0. The SMILES string of the molecule is Cc1sc2nc([C@@H](C)Sc3nnc(-c4cc5c(s4)CC[C@H](C)C5)o3)[nH]c(=O)c2c1C. The van der Waals surface area contributed by atoms with Crippen LogP contribution in [0.25, 0.3) is 21.0 Å². The first-order valence-electron chi connectivity index (χ1n) is 10.0. The fraction of sp³-hybridized carbons (Fsp3) is 0.429. The number of aromatic amines is 1. The van der Waals surface area contributed by atoms with Crippen molar-refractivity contribution in [3.8, 4) is 10.8 Å². The summed E-state index contributed by atoms with van der Waals surface area (Å²) in [5.41, 5.74) is 2.34. The van der Waals surface area contributed by atoms with Crippen molar-refractivity contribution in [2.24, 2.45) is 5.92 Å². The predicted octanol–water partition coefficient (Wildman–Crippen LogP) is 5.69. The molecule has 0 spiro atoms. The summed E-state index contributed by atoms with van der Waals surface area (Å²) in [7, 11) is 0. The molecule has 0 fully saturated rings. The Kier molecular flexibility index (Phi) is 5.07. The van der Waals surface area contributed by atoms with E-state index in [0.29, 0.717) is 22.3 Å². The lowest BCUT2D eigenvalue weighted by Crippen LogP contribution is -2.12. The topological polar surface area (TPSA) is 84.7 Å². The molecule has 156 valence electrons. The van der Waals surface area contributed by atoms with Crippen LogP contribution in [0, 0.1) is 19.8 Å². The lowest BCUT2D eigenvalue weighted by atomic mass is 9.90. The maximum atomic E-state index is 12.6. The molecule has 2 atom stereocenters. The van der Waals surface area contributed by atoms with E-state index in [0.717, 1.165) is 38.9 Å². The summed E-state index contributed by atoms with van der Waals surface area (Å²) >= 11 is 4.73. The Morgan fingerprint density at radius 3 is 2.97 bits per heavy atom. The summed E-state index contributed by atoms with van der Waals surface area (Å²) in [6.45, 7) is 8.27. The number of fused-ring (bicyclic) bond motifs is 2. The van der Waals surface area contributed by atoms with E-state index in [1.54, 1.807) is 22.7 Å². The first-order valence-corrected chi connectivity index (χ1v) is 12.5. The van der Waals surface area contributed by atoms with Crippen LogP contribution in [0.3, 0.4) is 0 Å². The van der Waals surface area contributed by atoms with Gasteiger partial charge in [0.1, 0.15) is 10.7 Å². The van der Waals surface area contributed by atoms with E-state index >= 15 is 0 Å². The van der Waals surface area contributed by atoms with Crippen LogP contribution in [0.1, 0.15) is 52.2 Å². The predicted molar refractivity (Wildman–Crippen MR) is 123 cm³/mol. The molecule has 30 heavy (non-hydrogen) atoms. The third-order valence-electron chi connectivity index (χ3n) is 5.67. The van der Waals surface area contributed by atoms with Gasteiger partial charge in [-0.15, -0.1) is 32.9 Å². The van der Waals surface area contributed by atoms with Crippen LogP contribution in [-0.4, -0.2) is 20.2 Å². The van der Waals surface area contributed by atoms with Crippen LogP contribution < -0.4 is 5.56 Å². The number of hydrogen-bond donors (Lipinski definition) is 1. The highest BCUT2D eigenvalue weighted by Gasteiger charge is 2.22. The Hall–Kier alpha value is -1.97. The largest absolute Gasteiger partial charge is 0.410 e. The zero-order chi connectivity index (χ0) is 21.0. The number of thioether (sulfide) groups is 1. The number of H-pyrrole nitrogens is 1. The van der Waals surface area contributed by atoms with Gasteiger partial charge in [0.25, 0.3) is 16.7 Å². The molecular weight excluding hydrogens is 436 g/mol. The number of nitrogens with zero attached hydrogens (tertiary/aromatic N) is 3. The van der Waals surface area contributed by atoms with Crippen LogP contribution >= 0.6 is 34.4 Å². The molecule has 5 rings (SSSR count). The number of nitrogens with one attached hydrogen (secondary N) is 1. The quantitative estimate of drug-likeness (QED) is 0.395. The number of aromatic nitrogens is 4. The van der Waals surface area contributed by atoms with Crippen molar-refractivity contribution in [3.63, 3.8) is 0 Å². The van der Waals surface area contributed by atoms with Gasteiger partial charge in [0.15, 0.2) is 0 Å². The molecule has 1 aliphatic rings. The van der Waals surface area contributed by atoms with Gasteiger partial charge >= 0.3 is 0 Å². The Bertz CT molecular complexity index is 1300. The van der Waals surface area contributed by atoms with E-state index in [1.807, 2.05) is 20.8 Å². The van der Waals surface area contributed by atoms with Crippen molar-refractivity contribution >= 4 is 44.7 Å². The number of hydrogen-bond acceptors (Lipinski definition) is 8. The van der Waals surface area contributed by atoms with Gasteiger partial charge in [-0.25, -0.2) is 4.98 Å². The van der Waals surface area contributed by atoms with Gasteiger partial charge in [-0.2, -0.15) is 0 Å². The Labute approximate surface area is 186 Å². The van der Waals surface area contributed by atoms with Crippen LogP contribution in [0.4, 0.5) is 0 Å². The van der Waals surface area contributed by atoms with Gasteiger partial charge in [0, 0.05) is 9.75 Å². The Morgan fingerprint density at radius 2 is 2.13 bits per heavy atom. The van der Waals surface area contributed by atoms with Gasteiger partial charge in [-0.3, -0.25) is 4.79 Å². The minimum Gasteiger partial charge on any atom is -0.410 e. The molecule has 9 heteroatoms. The lowest BCUT2D eigenvalue weighted by molar-refractivity contribution is 0.465. The van der Waals surface area contributed by atoms with Gasteiger partial charge in [-0.05, 0) is 63.1 Å². The molecule has 4 heterocycles. The van der Waals surface area contributed by atoms with Crippen LogP contribution in [0.5, 0.6) is 0 Å². The average molecular weight is 459 g/mol. The molecule has 0 radical (unpaired) electrons. The summed E-state index contributed by atoms with van der Waals surface area (Å²) in [4.78, 5) is 24.6. The van der Waals surface area contributed by atoms with E-state index in [2.05, 4.69) is 33.2 Å². The Balaban J connectivity index is 1.38. The van der Waals surface area contributed by atoms with Crippen molar-refractivity contribution in [2.75, 3.05) is 0 Å². The van der Waals surface area contributed by atoms with Gasteiger partial charge in [-0.1, -0.05) is 18.7 Å². The standard InChI is InChI=1S/C21H22N4O2S3/c1-9-5-6-14-13(7-9)8-15(30-14)19-24-25-21(27-19)29-12(4)17-22-18(26)16-10(2)11(3)28-20(16)23-17/h8-9,12H,5-7H2,1-4H3,(H,22,23,26)/t9-,12+/m0/s1. The van der Waals surface area contributed by atoms with Gasteiger partial charge in [0.05, 0.1) is 15.5 Å². The van der Waals surface area contributed by atoms with E-state index < -0.39 is 0 Å². The first-order chi connectivity index (χ1) is 14.4. The molecule has 1 aliphatic carbocycles. The van der Waals surface area contributed by atoms with Crippen molar-refractivity contribution in [1.29, 1.82) is 0 Å². The average Bonchev–Trinajstić information content (AvgIpc) is 3.39. The van der Waals surface area contributed by atoms with Crippen LogP contribution in [-0.2, 0) is 12.8 Å². The molecule has 0 amide bonds. The second-order valence-corrected chi connectivity index (χ2v) is 11.6. The van der Waals surface area contributed by atoms with Gasteiger partial charge in [0.2, 0.25) is 0 Å². The minimum absolute atomic E-state index is 0.0890. The van der Waals surface area contributed by atoms with E-state index in [9.17, 15) is 4.79 Å². The molecule has 4 aromatic heterocycles. The third kappa shape index (κ3) is 3.52. The molecule has 0 aromatic carbocycles. The summed E-state index contributed by atoms with van der Waals surface area (Å²) in [6, 6.07) is 2.20. The zero-order valence-corrected chi connectivity index (χ0v) is 19.7. The monoisotopic (exact) mass is 458 g/mol. The third-order valence-corrected chi connectivity index (χ3v) is 8.94. The van der Waals surface area contributed by atoms with Crippen LogP contribution in [0.2, 0.25) is 0 Å². The van der Waals surface area contributed by atoms with Crippen molar-refractivity contribution in [3.05, 3.63) is 43.1 Å². The molecule has 0 bridgehead atoms. The summed E-state index contributed by atoms with van der Waals surface area (Å²) in [5, 5.41) is 9.54. The van der Waals surface area contributed by atoms with Crippen molar-refractivity contribution in [2.45, 2.75) is 57.4 Å². The van der Waals surface area contributed by atoms with E-state index in [-0.39, 0.29) is 10.8 Å². The molecule has 4 aromatic rings. The summed E-state index contributed by atoms with van der Waals surface area (Å²) in [6.07, 6.45) is 3.51. The lowest BCUT2D eigenvalue weighted by Gasteiger charge is -2.16. The maximum Gasteiger partial charge on any atom is 0.277 e. The highest BCUT2D eigenvalue weighted by molar-refractivity contribution is 7.99. The second kappa shape index (κ2) is 7.62. The number of thiophene rings is 2. The molecular formula is C21H22N4O2S3. The number of rotatable bonds is 4. The smallest absolute Gasteiger partial charge is 0.277 e. The molecule has 0 saturated heterocycles. The fourth-order valence-electron chi connectivity index (χ4n) is 3.84. The van der Waals surface area contributed by atoms with E-state index in [1.165, 1.54) is 28.6 Å². The van der Waals surface area contributed by atoms with E-state index in [4.69, 9.17) is 4.42 Å². The van der Waals surface area contributed by atoms with Crippen LogP contribution in [0.15, 0.2) is 20.5 Å². The van der Waals surface area contributed by atoms with Crippen molar-refractivity contribution in [1.82, 2.24) is 20.2 Å². The summed E-state index contributed by atoms with van der Waals surface area (Å²) in [5.74, 6) is 1.93. The molecule has 1 N–H and O–H groups in total.